The van der Waals surface area contributed by atoms with E-state index in [1.54, 1.807) is 0 Å². The van der Waals surface area contributed by atoms with Crippen molar-refractivity contribution in [3.8, 4) is 45.1 Å². The fraction of sp³-hybridized carbons (Fsp3) is 0.0244. The number of ether oxygens (including phenoxy) is 1. The van der Waals surface area contributed by atoms with Gasteiger partial charge in [-0.1, -0.05) is 133 Å². The van der Waals surface area contributed by atoms with E-state index in [1.807, 2.05) is 42.5 Å². The van der Waals surface area contributed by atoms with Crippen LogP contribution in [0.5, 0.6) is 11.5 Å². The molecule has 3 heteroatoms. The minimum Gasteiger partial charge on any atom is -0.457 e. The van der Waals surface area contributed by atoms with Gasteiger partial charge in [-0.3, -0.25) is 0 Å². The smallest absolute Gasteiger partial charge is 0.132 e. The highest BCUT2D eigenvalue weighted by Gasteiger charge is 2.45. The molecule has 0 fully saturated rings. The van der Waals surface area contributed by atoms with E-state index in [0.717, 1.165) is 56.3 Å². The highest BCUT2D eigenvalue weighted by molar-refractivity contribution is 5.75. The predicted molar refractivity (Wildman–Crippen MR) is 177 cm³/mol. The van der Waals surface area contributed by atoms with Crippen LogP contribution in [0.25, 0.3) is 33.6 Å². The second-order valence-corrected chi connectivity index (χ2v) is 11.0. The molecule has 0 N–H and O–H groups in total. The first-order chi connectivity index (χ1) is 21.8. The molecule has 2 heterocycles. The zero-order valence-electron chi connectivity index (χ0n) is 24.0. The van der Waals surface area contributed by atoms with Gasteiger partial charge in [-0.05, 0) is 58.7 Å². The number of nitrogens with zero attached hydrogens (tertiary/aromatic N) is 2. The van der Waals surface area contributed by atoms with Gasteiger partial charge in [0.1, 0.15) is 11.5 Å². The summed E-state index contributed by atoms with van der Waals surface area (Å²) >= 11 is 0. The molecule has 0 bridgehead atoms. The van der Waals surface area contributed by atoms with Gasteiger partial charge in [0.25, 0.3) is 0 Å². The molecule has 208 valence electrons. The van der Waals surface area contributed by atoms with Crippen LogP contribution in [0, 0.1) is 0 Å². The van der Waals surface area contributed by atoms with Crippen LogP contribution in [0.4, 0.5) is 0 Å². The van der Waals surface area contributed by atoms with Crippen molar-refractivity contribution in [2.45, 2.75) is 5.41 Å². The molecule has 0 spiro atoms. The van der Waals surface area contributed by atoms with Crippen molar-refractivity contribution in [3.05, 3.63) is 192 Å². The summed E-state index contributed by atoms with van der Waals surface area (Å²) in [6.07, 6.45) is 0. The van der Waals surface area contributed by atoms with Crippen LogP contribution in [-0.2, 0) is 5.41 Å². The molecule has 44 heavy (non-hydrogen) atoms. The molecule has 0 radical (unpaired) electrons. The number of benzene rings is 6. The van der Waals surface area contributed by atoms with Gasteiger partial charge in [0.05, 0.1) is 16.8 Å². The summed E-state index contributed by atoms with van der Waals surface area (Å²) in [5.41, 5.74) is 10.1. The molecule has 0 atom stereocenters. The second-order valence-electron chi connectivity index (χ2n) is 11.0. The number of para-hydroxylation sites is 2. The third-order valence-electron chi connectivity index (χ3n) is 8.53. The summed E-state index contributed by atoms with van der Waals surface area (Å²) in [5, 5.41) is 9.11. The van der Waals surface area contributed by atoms with Crippen LogP contribution in [0.1, 0.15) is 22.3 Å². The number of aromatic nitrogens is 2. The maximum Gasteiger partial charge on any atom is 0.132 e. The van der Waals surface area contributed by atoms with Crippen LogP contribution >= 0.6 is 0 Å². The summed E-state index contributed by atoms with van der Waals surface area (Å²) in [4.78, 5) is 0. The van der Waals surface area contributed by atoms with Crippen molar-refractivity contribution in [1.29, 1.82) is 0 Å². The highest BCUT2D eigenvalue weighted by Crippen LogP contribution is 2.55. The molecule has 1 aliphatic heterocycles. The van der Waals surface area contributed by atoms with E-state index in [-0.39, 0.29) is 0 Å². The van der Waals surface area contributed by atoms with Crippen molar-refractivity contribution in [2.75, 3.05) is 0 Å². The first-order valence-corrected chi connectivity index (χ1v) is 14.8. The Hall–Kier alpha value is -5.80. The number of hydrogen-bond donors (Lipinski definition) is 0. The Kier molecular flexibility index (Phi) is 6.35. The van der Waals surface area contributed by atoms with Gasteiger partial charge >= 0.3 is 0 Å². The summed E-state index contributed by atoms with van der Waals surface area (Å²) in [6.45, 7) is 0. The number of rotatable bonds is 5. The average Bonchev–Trinajstić information content (AvgIpc) is 3.11. The largest absolute Gasteiger partial charge is 0.457 e. The summed E-state index contributed by atoms with van der Waals surface area (Å²) in [7, 11) is 0. The molecule has 0 unspecified atom stereocenters. The Morgan fingerprint density at radius 2 is 0.841 bits per heavy atom. The first-order valence-electron chi connectivity index (χ1n) is 14.8. The van der Waals surface area contributed by atoms with Crippen LogP contribution < -0.4 is 4.74 Å². The molecule has 0 saturated carbocycles. The summed E-state index contributed by atoms with van der Waals surface area (Å²) < 4.78 is 6.48. The minimum atomic E-state index is -0.556. The second kappa shape index (κ2) is 10.8. The molecule has 3 nitrogen and oxygen atoms in total. The molecule has 0 saturated heterocycles. The van der Waals surface area contributed by atoms with Crippen molar-refractivity contribution >= 4 is 0 Å². The van der Waals surface area contributed by atoms with E-state index < -0.39 is 5.41 Å². The fourth-order valence-corrected chi connectivity index (χ4v) is 6.51. The van der Waals surface area contributed by atoms with Gasteiger partial charge in [0.15, 0.2) is 0 Å². The monoisotopic (exact) mass is 564 g/mol. The maximum absolute atomic E-state index is 6.48. The van der Waals surface area contributed by atoms with Gasteiger partial charge in [-0.25, -0.2) is 0 Å². The first kappa shape index (κ1) is 25.9. The summed E-state index contributed by atoms with van der Waals surface area (Å²) in [6, 6.07) is 59.3. The Morgan fingerprint density at radius 3 is 1.50 bits per heavy atom. The van der Waals surface area contributed by atoms with Gasteiger partial charge in [-0.15, -0.1) is 10.2 Å². The van der Waals surface area contributed by atoms with Crippen LogP contribution in [0.2, 0.25) is 0 Å². The van der Waals surface area contributed by atoms with Crippen molar-refractivity contribution < 1.29 is 4.74 Å². The number of fused-ring (bicyclic) bond motifs is 2. The lowest BCUT2D eigenvalue weighted by atomic mass is 9.63. The fourth-order valence-electron chi connectivity index (χ4n) is 6.51. The van der Waals surface area contributed by atoms with E-state index >= 15 is 0 Å². The molecular weight excluding hydrogens is 536 g/mol. The van der Waals surface area contributed by atoms with Crippen molar-refractivity contribution in [2.24, 2.45) is 0 Å². The van der Waals surface area contributed by atoms with Gasteiger partial charge in [0, 0.05) is 22.3 Å². The van der Waals surface area contributed by atoms with E-state index in [9.17, 15) is 0 Å². The Labute approximate surface area is 257 Å². The topological polar surface area (TPSA) is 35.0 Å². The highest BCUT2D eigenvalue weighted by atomic mass is 16.5. The normalized spacial score (nSPS) is 12.9. The zero-order valence-corrected chi connectivity index (χ0v) is 24.0. The van der Waals surface area contributed by atoms with Crippen LogP contribution in [0.3, 0.4) is 0 Å². The Balaban J connectivity index is 1.27. The standard InChI is InChI=1S/C41H28N2O/c1-3-13-29(14-4-1)37-25-26-38(43-42-37)32-17-11-15-30(27-32)31-16-12-20-34(28-31)41(33-18-5-2-6-19-33)35-21-7-9-23-39(35)44-40-24-10-8-22-36(40)41/h1-28H. The number of hydrogen-bond acceptors (Lipinski definition) is 3. The summed E-state index contributed by atoms with van der Waals surface area (Å²) in [5.74, 6) is 1.75. The maximum atomic E-state index is 6.48. The average molecular weight is 565 g/mol. The lowest BCUT2D eigenvalue weighted by molar-refractivity contribution is 0.434. The lowest BCUT2D eigenvalue weighted by Crippen LogP contribution is -2.34. The van der Waals surface area contributed by atoms with Gasteiger partial charge in [0.2, 0.25) is 0 Å². The quantitative estimate of drug-likeness (QED) is 0.209. The van der Waals surface area contributed by atoms with E-state index in [1.165, 1.54) is 11.1 Å². The van der Waals surface area contributed by atoms with E-state index in [0.29, 0.717) is 0 Å². The van der Waals surface area contributed by atoms with Gasteiger partial charge < -0.3 is 4.74 Å². The molecule has 6 aromatic carbocycles. The Morgan fingerprint density at radius 1 is 0.364 bits per heavy atom. The van der Waals surface area contributed by atoms with Gasteiger partial charge in [-0.2, -0.15) is 0 Å². The van der Waals surface area contributed by atoms with Crippen molar-refractivity contribution in [3.63, 3.8) is 0 Å². The van der Waals surface area contributed by atoms with Crippen LogP contribution in [-0.4, -0.2) is 10.2 Å². The Bertz CT molecular complexity index is 2040. The molecule has 1 aromatic heterocycles. The van der Waals surface area contributed by atoms with E-state index in [2.05, 4.69) is 138 Å². The third-order valence-corrected chi connectivity index (χ3v) is 8.53. The van der Waals surface area contributed by atoms with Crippen molar-refractivity contribution in [1.82, 2.24) is 10.2 Å². The zero-order chi connectivity index (χ0) is 29.3. The molecular formula is C41H28N2O. The molecule has 0 amide bonds. The third kappa shape index (κ3) is 4.29. The SMILES string of the molecule is c1ccc(-c2ccc(-c3cccc(-c4cccc(C5(c6ccccc6)c6ccccc6Oc6ccccc65)c4)c3)nn2)cc1. The minimum absolute atomic E-state index is 0.556. The van der Waals surface area contributed by atoms with E-state index in [4.69, 9.17) is 4.74 Å². The van der Waals surface area contributed by atoms with Crippen LogP contribution in [0.15, 0.2) is 170 Å². The lowest BCUT2D eigenvalue weighted by Gasteiger charge is -2.41. The molecule has 0 aliphatic carbocycles. The molecule has 1 aliphatic rings. The molecule has 8 rings (SSSR count). The predicted octanol–water partition coefficient (Wildman–Crippen LogP) is 9.97. The molecule has 7 aromatic rings.